The van der Waals surface area contributed by atoms with Crippen molar-refractivity contribution in [3.05, 3.63) is 35.9 Å². The van der Waals surface area contributed by atoms with E-state index in [1.807, 2.05) is 13.0 Å². The molecule has 1 aliphatic rings. The van der Waals surface area contributed by atoms with Crippen LogP contribution in [-0.4, -0.2) is 36.5 Å². The van der Waals surface area contributed by atoms with Crippen LogP contribution in [0.2, 0.25) is 0 Å². The van der Waals surface area contributed by atoms with Crippen LogP contribution in [0.25, 0.3) is 0 Å². The Labute approximate surface area is 140 Å². The molecule has 1 aromatic carbocycles. The Hall–Kier alpha value is -1.39. The zero-order valence-electron chi connectivity index (χ0n) is 14.5. The van der Waals surface area contributed by atoms with Crippen molar-refractivity contribution >= 4 is 5.91 Å². The fraction of sp³-hybridized carbons (Fsp3) is 0.632. The second-order valence-corrected chi connectivity index (χ2v) is 6.97. The molecule has 4 heteroatoms. The number of nitrogens with two attached hydrogens (primary N) is 1. The summed E-state index contributed by atoms with van der Waals surface area (Å²) in [6.45, 7) is 7.16. The first-order valence-electron chi connectivity index (χ1n) is 8.87. The molecule has 2 atom stereocenters. The minimum atomic E-state index is 0.0780. The van der Waals surface area contributed by atoms with Gasteiger partial charge in [0.2, 0.25) is 5.91 Å². The highest BCUT2D eigenvalue weighted by Crippen LogP contribution is 2.26. The number of carbonyl (C=O) groups excluding carboxylic acids is 1. The van der Waals surface area contributed by atoms with Gasteiger partial charge in [-0.3, -0.25) is 9.69 Å². The lowest BCUT2D eigenvalue weighted by molar-refractivity contribution is -0.121. The molecule has 1 heterocycles. The molecule has 0 aromatic heterocycles. The molecule has 4 nitrogen and oxygen atoms in total. The number of piperidine rings is 1. The van der Waals surface area contributed by atoms with Gasteiger partial charge < -0.3 is 11.1 Å². The van der Waals surface area contributed by atoms with Crippen LogP contribution < -0.4 is 11.1 Å². The van der Waals surface area contributed by atoms with Gasteiger partial charge in [0.15, 0.2) is 0 Å². The molecule has 0 bridgehead atoms. The highest BCUT2D eigenvalue weighted by molar-refractivity contribution is 5.75. The molecule has 0 aliphatic carbocycles. The van der Waals surface area contributed by atoms with Gasteiger partial charge in [-0.15, -0.1) is 0 Å². The quantitative estimate of drug-likeness (QED) is 0.813. The van der Waals surface area contributed by atoms with Crippen LogP contribution in [0, 0.1) is 5.92 Å². The van der Waals surface area contributed by atoms with Crippen molar-refractivity contribution in [1.82, 2.24) is 10.2 Å². The summed E-state index contributed by atoms with van der Waals surface area (Å²) in [6, 6.07) is 10.9. The summed E-state index contributed by atoms with van der Waals surface area (Å²) in [5.41, 5.74) is 7.02. The zero-order valence-corrected chi connectivity index (χ0v) is 14.5. The first-order chi connectivity index (χ1) is 11.1. The number of nitrogens with zero attached hydrogens (tertiary/aromatic N) is 1. The van der Waals surface area contributed by atoms with E-state index in [1.165, 1.54) is 18.4 Å². The van der Waals surface area contributed by atoms with Crippen LogP contribution in [0.1, 0.15) is 51.1 Å². The Morgan fingerprint density at radius 1 is 1.30 bits per heavy atom. The van der Waals surface area contributed by atoms with Gasteiger partial charge >= 0.3 is 0 Å². The molecule has 1 aromatic rings. The Morgan fingerprint density at radius 3 is 2.57 bits per heavy atom. The lowest BCUT2D eigenvalue weighted by atomic mass is 9.95. The van der Waals surface area contributed by atoms with Gasteiger partial charge in [-0.05, 0) is 50.8 Å². The topological polar surface area (TPSA) is 58.4 Å². The first kappa shape index (κ1) is 18.0. The fourth-order valence-electron chi connectivity index (χ4n) is 3.13. The predicted octanol–water partition coefficient (Wildman–Crippen LogP) is 2.70. The molecular weight excluding hydrogens is 286 g/mol. The van der Waals surface area contributed by atoms with E-state index < -0.39 is 0 Å². The molecule has 23 heavy (non-hydrogen) atoms. The third-order valence-electron chi connectivity index (χ3n) is 4.76. The van der Waals surface area contributed by atoms with Crippen LogP contribution in [-0.2, 0) is 4.79 Å². The summed E-state index contributed by atoms with van der Waals surface area (Å²) in [5.74, 6) is 0.914. The van der Waals surface area contributed by atoms with Crippen molar-refractivity contribution in [3.8, 4) is 0 Å². The number of likely N-dealkylation sites (tertiary alicyclic amines) is 1. The van der Waals surface area contributed by atoms with Crippen LogP contribution in [0.5, 0.6) is 0 Å². The minimum absolute atomic E-state index is 0.0780. The summed E-state index contributed by atoms with van der Waals surface area (Å²) in [6.07, 6.45) is 3.73. The van der Waals surface area contributed by atoms with Crippen molar-refractivity contribution in [2.75, 3.05) is 19.6 Å². The Balaban J connectivity index is 1.95. The van der Waals surface area contributed by atoms with E-state index in [0.29, 0.717) is 13.0 Å². The van der Waals surface area contributed by atoms with Crippen molar-refractivity contribution in [2.45, 2.75) is 51.6 Å². The standard InChI is InChI=1S/C19H31N3O/c1-15-10-12-22(13-11-15)18(17-6-4-3-5-7-17)14-21-19(23)9-8-16(2)20/h3-7,15-16,18H,8-14,20H2,1-2H3,(H,21,23). The van der Waals surface area contributed by atoms with E-state index in [1.54, 1.807) is 0 Å². The third-order valence-corrected chi connectivity index (χ3v) is 4.76. The number of nitrogens with one attached hydrogen (secondary N) is 1. The number of hydrogen-bond acceptors (Lipinski definition) is 3. The lowest BCUT2D eigenvalue weighted by Gasteiger charge is -2.37. The van der Waals surface area contributed by atoms with Crippen molar-refractivity contribution in [3.63, 3.8) is 0 Å². The molecule has 1 saturated heterocycles. The lowest BCUT2D eigenvalue weighted by Crippen LogP contribution is -2.42. The Bertz CT molecular complexity index is 467. The molecule has 1 aliphatic heterocycles. The third kappa shape index (κ3) is 5.96. The number of benzene rings is 1. The number of hydrogen-bond donors (Lipinski definition) is 2. The summed E-state index contributed by atoms with van der Waals surface area (Å²) >= 11 is 0. The smallest absolute Gasteiger partial charge is 0.220 e. The van der Waals surface area contributed by atoms with Crippen LogP contribution in [0.4, 0.5) is 0 Å². The van der Waals surface area contributed by atoms with E-state index >= 15 is 0 Å². The van der Waals surface area contributed by atoms with Crippen LogP contribution in [0.15, 0.2) is 30.3 Å². The molecule has 1 fully saturated rings. The molecule has 3 N–H and O–H groups in total. The van der Waals surface area contributed by atoms with Gasteiger partial charge in [0.1, 0.15) is 0 Å². The molecule has 0 saturated carbocycles. The maximum atomic E-state index is 12.0. The van der Waals surface area contributed by atoms with Gasteiger partial charge in [0.25, 0.3) is 0 Å². The van der Waals surface area contributed by atoms with Gasteiger partial charge in [-0.25, -0.2) is 0 Å². The summed E-state index contributed by atoms with van der Waals surface area (Å²) in [7, 11) is 0. The number of amides is 1. The van der Waals surface area contributed by atoms with Crippen molar-refractivity contribution < 1.29 is 4.79 Å². The molecule has 0 radical (unpaired) electrons. The maximum Gasteiger partial charge on any atom is 0.220 e. The molecule has 2 rings (SSSR count). The van der Waals surface area contributed by atoms with E-state index in [9.17, 15) is 4.79 Å². The average molecular weight is 317 g/mol. The first-order valence-corrected chi connectivity index (χ1v) is 8.87. The zero-order chi connectivity index (χ0) is 16.7. The van der Waals surface area contributed by atoms with Gasteiger partial charge in [0.05, 0.1) is 6.04 Å². The van der Waals surface area contributed by atoms with Crippen molar-refractivity contribution in [1.29, 1.82) is 0 Å². The molecule has 1 amide bonds. The largest absolute Gasteiger partial charge is 0.354 e. The maximum absolute atomic E-state index is 12.0. The summed E-state index contributed by atoms with van der Waals surface area (Å²) < 4.78 is 0. The van der Waals surface area contributed by atoms with E-state index in [-0.39, 0.29) is 18.0 Å². The number of carbonyl (C=O) groups is 1. The Kier molecular flexibility index (Phi) is 7.06. The molecule has 128 valence electrons. The molecule has 2 unspecified atom stereocenters. The van der Waals surface area contributed by atoms with E-state index in [0.717, 1.165) is 25.4 Å². The second kappa shape index (κ2) is 9.04. The van der Waals surface area contributed by atoms with Crippen LogP contribution in [0.3, 0.4) is 0 Å². The van der Waals surface area contributed by atoms with Gasteiger partial charge in [-0.2, -0.15) is 0 Å². The van der Waals surface area contributed by atoms with Crippen LogP contribution >= 0.6 is 0 Å². The predicted molar refractivity (Wildman–Crippen MR) is 95.0 cm³/mol. The summed E-state index contributed by atoms with van der Waals surface area (Å²) in [4.78, 5) is 14.5. The summed E-state index contributed by atoms with van der Waals surface area (Å²) in [5, 5.41) is 3.11. The van der Waals surface area contributed by atoms with E-state index in [4.69, 9.17) is 5.73 Å². The fourth-order valence-corrected chi connectivity index (χ4v) is 3.13. The van der Waals surface area contributed by atoms with Gasteiger partial charge in [0, 0.05) is 19.0 Å². The molecule has 0 spiro atoms. The monoisotopic (exact) mass is 317 g/mol. The molecular formula is C19H31N3O. The van der Waals surface area contributed by atoms with Crippen molar-refractivity contribution in [2.24, 2.45) is 11.7 Å². The van der Waals surface area contributed by atoms with Gasteiger partial charge in [-0.1, -0.05) is 37.3 Å². The number of rotatable bonds is 7. The second-order valence-electron chi connectivity index (χ2n) is 6.97. The van der Waals surface area contributed by atoms with E-state index in [2.05, 4.69) is 41.4 Å². The highest BCUT2D eigenvalue weighted by atomic mass is 16.1. The Morgan fingerprint density at radius 2 is 1.96 bits per heavy atom. The highest BCUT2D eigenvalue weighted by Gasteiger charge is 2.24. The average Bonchev–Trinajstić information content (AvgIpc) is 2.55. The normalized spacial score (nSPS) is 19.3. The SMILES string of the molecule is CC(N)CCC(=O)NCC(c1ccccc1)N1CCC(C)CC1. The minimum Gasteiger partial charge on any atom is -0.354 e.